The topological polar surface area (TPSA) is 35.5 Å². The molecule has 2 N–H and O–H groups in total. The van der Waals surface area contributed by atoms with Gasteiger partial charge in [-0.1, -0.05) is 13.8 Å². The van der Waals surface area contributed by atoms with Crippen molar-refractivity contribution in [1.82, 2.24) is 10.2 Å². The van der Waals surface area contributed by atoms with Gasteiger partial charge in [-0.3, -0.25) is 4.90 Å². The van der Waals surface area contributed by atoms with Crippen molar-refractivity contribution in [3.63, 3.8) is 0 Å². The fourth-order valence-corrected chi connectivity index (χ4v) is 2.47. The van der Waals surface area contributed by atoms with Gasteiger partial charge in [0.15, 0.2) is 0 Å². The molecule has 0 spiro atoms. The predicted octanol–water partition coefficient (Wildman–Crippen LogP) is 2.10. The Morgan fingerprint density at radius 2 is 1.95 bits per heavy atom. The van der Waals surface area contributed by atoms with Gasteiger partial charge in [0.2, 0.25) is 0 Å². The molecule has 0 aromatic carbocycles. The van der Waals surface area contributed by atoms with Crippen LogP contribution >= 0.6 is 0 Å². The molecule has 0 heterocycles. The fourth-order valence-electron chi connectivity index (χ4n) is 2.47. The summed E-state index contributed by atoms with van der Waals surface area (Å²) in [6.07, 6.45) is 2.07. The van der Waals surface area contributed by atoms with E-state index in [2.05, 4.69) is 19.2 Å². The summed E-state index contributed by atoms with van der Waals surface area (Å²) >= 11 is 0. The minimum Gasteiger partial charge on any atom is -0.395 e. The molecule has 0 amide bonds. The van der Waals surface area contributed by atoms with Crippen LogP contribution in [-0.4, -0.2) is 55.3 Å². The average Bonchev–Trinajstić information content (AvgIpc) is 3.18. The Kier molecular flexibility index (Phi) is 7.18. The number of nitrogens with zero attached hydrogens (tertiary/aromatic N) is 1. The third-order valence-electron chi connectivity index (χ3n) is 4.21. The summed E-state index contributed by atoms with van der Waals surface area (Å²) < 4.78 is 25.2. The maximum absolute atomic E-state index is 12.6. The smallest absolute Gasteiger partial charge is 0.251 e. The molecule has 1 rings (SSSR count). The van der Waals surface area contributed by atoms with Crippen LogP contribution in [0.1, 0.15) is 39.5 Å². The van der Waals surface area contributed by atoms with Gasteiger partial charge in [-0.05, 0) is 31.1 Å². The number of hydrogen-bond donors (Lipinski definition) is 2. The molecule has 0 aromatic rings. The van der Waals surface area contributed by atoms with Gasteiger partial charge < -0.3 is 10.4 Å². The first kappa shape index (κ1) is 16.8. The number of nitrogens with one attached hydrogen (secondary N) is 1. The molecule has 1 fully saturated rings. The van der Waals surface area contributed by atoms with Crippen molar-refractivity contribution in [3.05, 3.63) is 0 Å². The number of rotatable bonds is 11. The van der Waals surface area contributed by atoms with Crippen LogP contribution in [0.15, 0.2) is 0 Å². The molecule has 3 nitrogen and oxygen atoms in total. The van der Waals surface area contributed by atoms with Gasteiger partial charge in [0.05, 0.1) is 13.2 Å². The van der Waals surface area contributed by atoms with Crippen molar-refractivity contribution >= 4 is 0 Å². The zero-order chi connectivity index (χ0) is 14.3. The Balaban J connectivity index is 2.54. The van der Waals surface area contributed by atoms with E-state index in [1.54, 1.807) is 4.90 Å². The lowest BCUT2D eigenvalue weighted by atomic mass is 9.81. The summed E-state index contributed by atoms with van der Waals surface area (Å²) in [6, 6.07) is 0.638. The predicted molar refractivity (Wildman–Crippen MR) is 73.6 cm³/mol. The van der Waals surface area contributed by atoms with Gasteiger partial charge >= 0.3 is 0 Å². The van der Waals surface area contributed by atoms with Crippen molar-refractivity contribution in [3.8, 4) is 0 Å². The summed E-state index contributed by atoms with van der Waals surface area (Å²) in [7, 11) is 0. The van der Waals surface area contributed by atoms with E-state index < -0.39 is 6.43 Å². The highest BCUT2D eigenvalue weighted by Crippen LogP contribution is 2.29. The van der Waals surface area contributed by atoms with E-state index in [1.165, 1.54) is 12.8 Å². The molecule has 0 atom stereocenters. The molecule has 1 saturated carbocycles. The Hall–Kier alpha value is -0.260. The zero-order valence-corrected chi connectivity index (χ0v) is 12.2. The Labute approximate surface area is 115 Å². The van der Waals surface area contributed by atoms with Crippen molar-refractivity contribution in [2.75, 3.05) is 32.8 Å². The number of halogens is 2. The third-order valence-corrected chi connectivity index (χ3v) is 4.21. The first-order chi connectivity index (χ1) is 9.05. The molecule has 0 aliphatic heterocycles. The number of aliphatic hydroxyl groups is 1. The van der Waals surface area contributed by atoms with Crippen molar-refractivity contribution < 1.29 is 13.9 Å². The van der Waals surface area contributed by atoms with Crippen molar-refractivity contribution in [2.24, 2.45) is 5.41 Å². The molecular formula is C14H28F2N2O. The van der Waals surface area contributed by atoms with Crippen LogP contribution < -0.4 is 5.32 Å². The molecular weight excluding hydrogens is 250 g/mol. The SMILES string of the molecule is CCC(CC)(CNC1CC1)CN(CCO)CC(F)F. The normalized spacial score (nSPS) is 16.6. The molecule has 0 saturated heterocycles. The molecule has 5 heteroatoms. The van der Waals surface area contributed by atoms with Crippen LogP contribution in [0.3, 0.4) is 0 Å². The van der Waals surface area contributed by atoms with Crippen molar-refractivity contribution in [2.45, 2.75) is 52.0 Å². The van der Waals surface area contributed by atoms with E-state index in [0.717, 1.165) is 19.4 Å². The Bertz CT molecular complexity index is 244. The van der Waals surface area contributed by atoms with Crippen LogP contribution in [-0.2, 0) is 0 Å². The number of hydrogen-bond acceptors (Lipinski definition) is 3. The molecule has 1 aliphatic carbocycles. The quantitative estimate of drug-likeness (QED) is 0.607. The van der Waals surface area contributed by atoms with Crippen molar-refractivity contribution in [1.29, 1.82) is 0 Å². The highest BCUT2D eigenvalue weighted by molar-refractivity contribution is 4.88. The summed E-state index contributed by atoms with van der Waals surface area (Å²) in [4.78, 5) is 1.70. The fraction of sp³-hybridized carbons (Fsp3) is 1.00. The summed E-state index contributed by atoms with van der Waals surface area (Å²) in [5, 5.41) is 12.5. The molecule has 0 unspecified atom stereocenters. The van der Waals surface area contributed by atoms with Gasteiger partial charge in [-0.25, -0.2) is 8.78 Å². The second kappa shape index (κ2) is 8.12. The minimum absolute atomic E-state index is 0.0344. The number of aliphatic hydroxyl groups excluding tert-OH is 1. The third kappa shape index (κ3) is 6.15. The van der Waals surface area contributed by atoms with Crippen LogP contribution in [0.2, 0.25) is 0 Å². The van der Waals surface area contributed by atoms with Gasteiger partial charge in [-0.2, -0.15) is 0 Å². The molecule has 0 aromatic heterocycles. The van der Waals surface area contributed by atoms with Gasteiger partial charge in [0, 0.05) is 25.7 Å². The largest absolute Gasteiger partial charge is 0.395 e. The lowest BCUT2D eigenvalue weighted by Gasteiger charge is -2.37. The first-order valence-corrected chi connectivity index (χ1v) is 7.40. The van der Waals surface area contributed by atoms with E-state index in [1.807, 2.05) is 0 Å². The molecule has 19 heavy (non-hydrogen) atoms. The average molecular weight is 278 g/mol. The lowest BCUT2D eigenvalue weighted by molar-refractivity contribution is 0.0471. The molecule has 0 bridgehead atoms. The van der Waals surface area contributed by atoms with E-state index in [9.17, 15) is 8.78 Å². The first-order valence-electron chi connectivity index (χ1n) is 7.40. The minimum atomic E-state index is -2.34. The highest BCUT2D eigenvalue weighted by Gasteiger charge is 2.32. The van der Waals surface area contributed by atoms with Crippen LogP contribution in [0, 0.1) is 5.41 Å². The maximum atomic E-state index is 12.6. The lowest BCUT2D eigenvalue weighted by Crippen LogP contribution is -2.46. The summed E-state index contributed by atoms with van der Waals surface area (Å²) in [6.45, 7) is 5.78. The van der Waals surface area contributed by atoms with Crippen LogP contribution in [0.5, 0.6) is 0 Å². The van der Waals surface area contributed by atoms with E-state index in [-0.39, 0.29) is 18.6 Å². The molecule has 1 aliphatic rings. The van der Waals surface area contributed by atoms with Crippen LogP contribution in [0.25, 0.3) is 0 Å². The highest BCUT2D eigenvalue weighted by atomic mass is 19.3. The second-order valence-electron chi connectivity index (χ2n) is 5.71. The van der Waals surface area contributed by atoms with Crippen LogP contribution in [0.4, 0.5) is 8.78 Å². The number of alkyl halides is 2. The zero-order valence-electron chi connectivity index (χ0n) is 12.2. The molecule has 0 radical (unpaired) electrons. The van der Waals surface area contributed by atoms with Gasteiger partial charge in [-0.15, -0.1) is 0 Å². The van der Waals surface area contributed by atoms with Gasteiger partial charge in [0.25, 0.3) is 6.43 Å². The second-order valence-corrected chi connectivity index (χ2v) is 5.71. The van der Waals surface area contributed by atoms with E-state index in [0.29, 0.717) is 19.1 Å². The summed E-state index contributed by atoms with van der Waals surface area (Å²) in [5.41, 5.74) is 0.0344. The molecule has 114 valence electrons. The maximum Gasteiger partial charge on any atom is 0.251 e. The summed E-state index contributed by atoms with van der Waals surface area (Å²) in [5.74, 6) is 0. The Morgan fingerprint density at radius 1 is 1.32 bits per heavy atom. The van der Waals surface area contributed by atoms with E-state index in [4.69, 9.17) is 5.11 Å². The monoisotopic (exact) mass is 278 g/mol. The standard InChI is InChI=1S/C14H28F2N2O/c1-3-14(4-2,10-17-12-5-6-12)11-18(7-8-19)9-13(15)16/h12-13,17,19H,3-11H2,1-2H3. The Morgan fingerprint density at radius 3 is 2.37 bits per heavy atom. The van der Waals surface area contributed by atoms with E-state index >= 15 is 0 Å². The van der Waals surface area contributed by atoms with Gasteiger partial charge in [0.1, 0.15) is 0 Å².